The lowest BCUT2D eigenvalue weighted by molar-refractivity contribution is -0.111. The van der Waals surface area contributed by atoms with Crippen LogP contribution >= 0.6 is 11.3 Å². The van der Waals surface area contributed by atoms with Crippen molar-refractivity contribution in [3.05, 3.63) is 47.0 Å². The third kappa shape index (κ3) is 4.94. The molecule has 0 saturated heterocycles. The number of amides is 1. The number of nitrogens with zero attached hydrogens (tertiary/aromatic N) is 1. The Morgan fingerprint density at radius 3 is 2.42 bits per heavy atom. The molecule has 164 valence electrons. The van der Waals surface area contributed by atoms with Crippen LogP contribution in [0.5, 0.6) is 0 Å². The van der Waals surface area contributed by atoms with Gasteiger partial charge in [0, 0.05) is 11.0 Å². The molecule has 0 spiro atoms. The van der Waals surface area contributed by atoms with E-state index in [0.717, 1.165) is 37.0 Å². The molecule has 1 heterocycles. The van der Waals surface area contributed by atoms with Crippen LogP contribution in [0.25, 0.3) is 5.57 Å². The number of allylic oxidation sites excluding steroid dienone is 1. The Kier molecular flexibility index (Phi) is 6.36. The number of ketones is 1. The zero-order valence-corrected chi connectivity index (χ0v) is 18.5. The highest BCUT2D eigenvalue weighted by molar-refractivity contribution is 7.92. The number of nitrogens with one attached hydrogen (secondary N) is 1. The molecule has 2 saturated carbocycles. The van der Waals surface area contributed by atoms with E-state index in [0.29, 0.717) is 29.9 Å². The third-order valence-electron chi connectivity index (χ3n) is 5.66. The fourth-order valence-electron chi connectivity index (χ4n) is 3.76. The number of carbonyl (C=O) groups excluding carboxylic acids is 2. The fraction of sp³-hybridized carbons (Fsp3) is 0.409. The van der Waals surface area contributed by atoms with Gasteiger partial charge in [-0.2, -0.15) is 0 Å². The number of Topliss-reactive ketones (excluding diaryl/α,β-unsaturated/α-hetero) is 1. The van der Waals surface area contributed by atoms with Gasteiger partial charge in [-0.15, -0.1) is 11.3 Å². The maximum Gasteiger partial charge on any atom is 0.257 e. The molecule has 1 amide bonds. The van der Waals surface area contributed by atoms with E-state index in [4.69, 9.17) is 5.11 Å². The molecule has 1 aromatic carbocycles. The van der Waals surface area contributed by atoms with E-state index >= 15 is 0 Å². The van der Waals surface area contributed by atoms with Crippen LogP contribution < -0.4 is 5.32 Å². The first kappa shape index (κ1) is 21.9. The SMILES string of the molecule is O=C(Nc1nc(C(=O)CO)cs1)C(=CC1CCCC1)c1ccc(S(=O)(=O)C2CC2)cc1. The molecule has 0 aliphatic heterocycles. The Balaban J connectivity index is 1.59. The normalized spacial score (nSPS) is 17.6. The summed E-state index contributed by atoms with van der Waals surface area (Å²) in [6, 6.07) is 6.50. The summed E-state index contributed by atoms with van der Waals surface area (Å²) < 4.78 is 24.9. The maximum atomic E-state index is 13.1. The van der Waals surface area contributed by atoms with Crippen molar-refractivity contribution in [2.75, 3.05) is 11.9 Å². The van der Waals surface area contributed by atoms with Crippen molar-refractivity contribution in [1.82, 2.24) is 4.98 Å². The third-order valence-corrected chi connectivity index (χ3v) is 8.69. The molecule has 2 aliphatic rings. The second-order valence-electron chi connectivity index (χ2n) is 7.97. The van der Waals surface area contributed by atoms with Crippen molar-refractivity contribution in [1.29, 1.82) is 0 Å². The molecule has 0 atom stereocenters. The van der Waals surface area contributed by atoms with Gasteiger partial charge in [-0.05, 0) is 49.3 Å². The van der Waals surface area contributed by atoms with Crippen molar-refractivity contribution in [2.45, 2.75) is 48.7 Å². The van der Waals surface area contributed by atoms with Crippen molar-refractivity contribution < 1.29 is 23.1 Å². The van der Waals surface area contributed by atoms with Crippen LogP contribution in [0.3, 0.4) is 0 Å². The summed E-state index contributed by atoms with van der Waals surface area (Å²) in [5, 5.41) is 13.2. The highest BCUT2D eigenvalue weighted by atomic mass is 32.2. The van der Waals surface area contributed by atoms with Gasteiger partial charge < -0.3 is 5.11 Å². The molecule has 2 aromatic rings. The minimum Gasteiger partial charge on any atom is -0.388 e. The van der Waals surface area contributed by atoms with Crippen molar-refractivity contribution in [3.8, 4) is 0 Å². The van der Waals surface area contributed by atoms with Crippen molar-refractivity contribution in [3.63, 3.8) is 0 Å². The summed E-state index contributed by atoms with van der Waals surface area (Å²) >= 11 is 1.11. The first-order valence-corrected chi connectivity index (χ1v) is 12.8. The van der Waals surface area contributed by atoms with Crippen LogP contribution in [-0.2, 0) is 14.6 Å². The number of hydrogen-bond donors (Lipinski definition) is 2. The van der Waals surface area contributed by atoms with Gasteiger partial charge in [-0.1, -0.05) is 31.1 Å². The number of aromatic nitrogens is 1. The van der Waals surface area contributed by atoms with E-state index in [1.54, 1.807) is 24.3 Å². The minimum atomic E-state index is -3.29. The number of hydrogen-bond acceptors (Lipinski definition) is 7. The number of carbonyl (C=O) groups is 2. The lowest BCUT2D eigenvalue weighted by Crippen LogP contribution is -2.15. The van der Waals surface area contributed by atoms with E-state index in [-0.39, 0.29) is 26.9 Å². The predicted octanol–water partition coefficient (Wildman–Crippen LogP) is 3.47. The number of benzene rings is 1. The van der Waals surface area contributed by atoms with Gasteiger partial charge in [0.15, 0.2) is 15.0 Å². The zero-order chi connectivity index (χ0) is 22.0. The molecule has 4 rings (SSSR count). The molecule has 7 nitrogen and oxygen atoms in total. The Labute approximate surface area is 185 Å². The zero-order valence-electron chi connectivity index (χ0n) is 16.9. The first-order chi connectivity index (χ1) is 14.9. The van der Waals surface area contributed by atoms with E-state index < -0.39 is 22.2 Å². The highest BCUT2D eigenvalue weighted by Crippen LogP contribution is 2.34. The quantitative estimate of drug-likeness (QED) is 0.461. The molecular formula is C22H24N2O5S2. The van der Waals surface area contributed by atoms with Crippen molar-refractivity contribution >= 4 is 43.6 Å². The summed E-state index contributed by atoms with van der Waals surface area (Å²) in [5.41, 5.74) is 1.22. The van der Waals surface area contributed by atoms with Gasteiger partial charge in [0.25, 0.3) is 5.91 Å². The van der Waals surface area contributed by atoms with Gasteiger partial charge in [-0.3, -0.25) is 14.9 Å². The largest absolute Gasteiger partial charge is 0.388 e. The Bertz CT molecular complexity index is 1110. The van der Waals surface area contributed by atoms with Gasteiger partial charge in [0.1, 0.15) is 12.3 Å². The highest BCUT2D eigenvalue weighted by Gasteiger charge is 2.36. The average Bonchev–Trinajstić information content (AvgIpc) is 3.33. The smallest absolute Gasteiger partial charge is 0.257 e. The topological polar surface area (TPSA) is 113 Å². The van der Waals surface area contributed by atoms with E-state index in [9.17, 15) is 18.0 Å². The fourth-order valence-corrected chi connectivity index (χ4v) is 6.13. The Morgan fingerprint density at radius 1 is 1.13 bits per heavy atom. The maximum absolute atomic E-state index is 13.1. The first-order valence-electron chi connectivity index (χ1n) is 10.4. The molecule has 2 fully saturated rings. The number of aliphatic hydroxyl groups is 1. The molecule has 0 unspecified atom stereocenters. The van der Waals surface area contributed by atoms with Crippen LogP contribution in [0.15, 0.2) is 40.6 Å². The van der Waals surface area contributed by atoms with Gasteiger partial charge in [0.2, 0.25) is 5.78 Å². The Morgan fingerprint density at radius 2 is 1.81 bits per heavy atom. The summed E-state index contributed by atoms with van der Waals surface area (Å²) in [5.74, 6) is -0.577. The number of thiazole rings is 1. The summed E-state index contributed by atoms with van der Waals surface area (Å²) in [6.07, 6.45) is 7.62. The predicted molar refractivity (Wildman–Crippen MR) is 119 cm³/mol. The van der Waals surface area contributed by atoms with Crippen molar-refractivity contribution in [2.24, 2.45) is 5.92 Å². The number of anilines is 1. The molecule has 2 N–H and O–H groups in total. The van der Waals surface area contributed by atoms with E-state index in [2.05, 4.69) is 10.3 Å². The minimum absolute atomic E-state index is 0.110. The van der Waals surface area contributed by atoms with Gasteiger partial charge in [0.05, 0.1) is 10.1 Å². The second-order valence-corrected chi connectivity index (χ2v) is 11.1. The molecule has 0 radical (unpaired) electrons. The number of rotatable bonds is 8. The van der Waals surface area contributed by atoms with Crippen LogP contribution in [0, 0.1) is 5.92 Å². The summed E-state index contributed by atoms with van der Waals surface area (Å²) in [6.45, 7) is -0.639. The molecule has 2 aliphatic carbocycles. The van der Waals surface area contributed by atoms with Crippen LogP contribution in [0.4, 0.5) is 5.13 Å². The molecule has 1 aromatic heterocycles. The van der Waals surface area contributed by atoms with Gasteiger partial charge in [-0.25, -0.2) is 13.4 Å². The van der Waals surface area contributed by atoms with Crippen LogP contribution in [0.1, 0.15) is 54.6 Å². The molecule has 31 heavy (non-hydrogen) atoms. The number of sulfone groups is 1. The standard InChI is InChI=1S/C22H24N2O5S2/c25-12-20(26)19-13-30-22(23-19)24-21(27)18(11-14-3-1-2-4-14)15-5-7-16(8-6-15)31(28,29)17-9-10-17/h5-8,11,13-14,17,25H,1-4,9-10,12H2,(H,23,24,27). The lowest BCUT2D eigenvalue weighted by atomic mass is 9.98. The number of aliphatic hydroxyl groups excluding tert-OH is 1. The van der Waals surface area contributed by atoms with Crippen LogP contribution in [0.2, 0.25) is 0 Å². The second kappa shape index (κ2) is 9.02. The average molecular weight is 461 g/mol. The molecular weight excluding hydrogens is 436 g/mol. The molecule has 9 heteroatoms. The van der Waals surface area contributed by atoms with E-state index in [1.165, 1.54) is 5.38 Å². The monoisotopic (exact) mass is 460 g/mol. The summed E-state index contributed by atoms with van der Waals surface area (Å²) in [4.78, 5) is 29.0. The van der Waals surface area contributed by atoms with Gasteiger partial charge >= 0.3 is 0 Å². The lowest BCUT2D eigenvalue weighted by Gasteiger charge is -2.12. The summed E-state index contributed by atoms with van der Waals surface area (Å²) in [7, 11) is -3.29. The molecule has 0 bridgehead atoms. The Hall–Kier alpha value is -2.36. The van der Waals surface area contributed by atoms with Crippen LogP contribution in [-0.4, -0.2) is 42.1 Å². The van der Waals surface area contributed by atoms with E-state index in [1.807, 2.05) is 6.08 Å².